The zero-order valence-electron chi connectivity index (χ0n) is 68.7. The molecule has 616 valence electrons. The second kappa shape index (κ2) is 40.9. The normalized spacial score (nSPS) is 10.5. The molecular weight excluding hydrogens is 1560 g/mol. The Hall–Kier alpha value is -17.6. The van der Waals surface area contributed by atoms with Crippen molar-refractivity contribution in [2.24, 2.45) is 0 Å². The van der Waals surface area contributed by atoms with Crippen molar-refractivity contribution < 1.29 is 9.85 Å². The number of nitrogens with two attached hydrogens (primary N) is 4. The van der Waals surface area contributed by atoms with E-state index in [4.69, 9.17) is 22.9 Å². The maximum Gasteiger partial charge on any atom is 0.269 e. The average molecular weight is 1650 g/mol. The molecule has 0 heterocycles. The molecule has 0 aliphatic carbocycles. The zero-order chi connectivity index (χ0) is 86.8. The molecule has 0 spiro atoms. The Kier molecular flexibility index (Phi) is 27.1. The average Bonchev–Trinajstić information content (AvgIpc) is 0.796. The number of nitrogen functional groups attached to an aromatic ring is 4. The van der Waals surface area contributed by atoms with Gasteiger partial charge in [0.05, 0.1) is 9.85 Å². The smallest absolute Gasteiger partial charge is 0.269 e. The molecule has 0 saturated heterocycles. The Labute approximate surface area is 733 Å². The summed E-state index contributed by atoms with van der Waals surface area (Å²) in [5.41, 5.74) is 49.0. The molecule has 0 bridgehead atoms. The van der Waals surface area contributed by atoms with Crippen LogP contribution >= 0.6 is 0 Å². The van der Waals surface area contributed by atoms with E-state index in [0.717, 1.165) is 148 Å². The van der Waals surface area contributed by atoms with Crippen LogP contribution in [0.3, 0.4) is 0 Å². The Morgan fingerprint density at radius 2 is 0.278 bits per heavy atom. The highest BCUT2D eigenvalue weighted by Crippen LogP contribution is 2.44. The number of nitrogens with one attached hydrogen (secondary N) is 2. The molecule has 18 aromatic carbocycles. The zero-order valence-corrected chi connectivity index (χ0v) is 68.7. The van der Waals surface area contributed by atoms with Crippen LogP contribution in [0.1, 0.15) is 0 Å². The molecule has 0 aliphatic heterocycles. The van der Waals surface area contributed by atoms with Crippen molar-refractivity contribution in [3.8, 4) is 0 Å². The lowest BCUT2D eigenvalue weighted by Crippen LogP contribution is -2.12. The predicted molar refractivity (Wildman–Crippen MR) is 524 cm³/mol. The van der Waals surface area contributed by atoms with Gasteiger partial charge >= 0.3 is 0 Å². The first-order chi connectivity index (χ1) is 61.8. The third kappa shape index (κ3) is 21.5. The van der Waals surface area contributed by atoms with Crippen LogP contribution in [0.15, 0.2) is 485 Å². The fourth-order valence-corrected chi connectivity index (χ4v) is 14.4. The molecule has 0 saturated carbocycles. The second-order valence-corrected chi connectivity index (χ2v) is 29.0. The van der Waals surface area contributed by atoms with Crippen LogP contribution in [-0.4, -0.2) is 9.85 Å². The highest BCUT2D eigenvalue weighted by Gasteiger charge is 2.22. The molecule has 18 rings (SSSR count). The van der Waals surface area contributed by atoms with Gasteiger partial charge in [-0.15, -0.1) is 0 Å². The monoisotopic (exact) mass is 1650 g/mol. The minimum atomic E-state index is -0.415. The summed E-state index contributed by atoms with van der Waals surface area (Å²) in [6.45, 7) is 0. The lowest BCUT2D eigenvalue weighted by Gasteiger charge is -2.28. The molecule has 0 amide bonds. The molecule has 0 radical (unpaired) electrons. The van der Waals surface area contributed by atoms with Gasteiger partial charge in [-0.25, -0.2) is 0 Å². The topological polar surface area (TPSA) is 234 Å². The van der Waals surface area contributed by atoms with Gasteiger partial charge in [-0.05, 0) is 315 Å². The van der Waals surface area contributed by atoms with E-state index in [1.54, 1.807) is 24.3 Å². The molecule has 10 N–H and O–H groups in total. The first kappa shape index (κ1) is 83.4. The lowest BCUT2D eigenvalue weighted by atomic mass is 10.1. The minimum absolute atomic E-state index is 0.0266. The van der Waals surface area contributed by atoms with Crippen LogP contribution in [0.2, 0.25) is 0 Å². The van der Waals surface area contributed by atoms with Crippen LogP contribution in [0, 0.1) is 20.2 Å². The number of anilines is 26. The first-order valence-electron chi connectivity index (χ1n) is 40.9. The molecule has 0 unspecified atom stereocenters. The van der Waals surface area contributed by atoms with Gasteiger partial charge in [-0.2, -0.15) is 0 Å². The number of hydrogen-bond acceptors (Lipinski definition) is 16. The number of hydrogen-bond donors (Lipinski definition) is 6. The number of nitro benzene ring substituents is 2. The largest absolute Gasteiger partial charge is 0.399 e. The fraction of sp³-hybridized carbons (Fsp3) is 0. The lowest BCUT2D eigenvalue weighted by molar-refractivity contribution is -0.385. The Morgan fingerprint density at radius 1 is 0.159 bits per heavy atom. The maximum absolute atomic E-state index is 11.2. The summed E-state index contributed by atoms with van der Waals surface area (Å²) in [5.74, 6) is 0. The quantitative estimate of drug-likeness (QED) is 0.0187. The van der Waals surface area contributed by atoms with Crippen molar-refractivity contribution in [2.75, 3.05) is 63.0 Å². The molecule has 18 heteroatoms. The second-order valence-electron chi connectivity index (χ2n) is 29.0. The number of benzene rings is 18. The van der Waals surface area contributed by atoms with E-state index in [0.29, 0.717) is 0 Å². The van der Waals surface area contributed by atoms with Crippen molar-refractivity contribution in [2.45, 2.75) is 0 Å². The Bertz CT molecular complexity index is 5810. The number of para-hydroxylation sites is 8. The first-order valence-corrected chi connectivity index (χ1v) is 40.9. The van der Waals surface area contributed by atoms with E-state index in [9.17, 15) is 20.2 Å². The highest BCUT2D eigenvalue weighted by molar-refractivity contribution is 5.86. The highest BCUT2D eigenvalue weighted by atomic mass is 16.6. The van der Waals surface area contributed by atoms with Gasteiger partial charge < -0.3 is 63.0 Å². The Balaban J connectivity index is 0.000000132. The number of non-ortho nitro benzene ring substituents is 2. The molecule has 0 fully saturated rings. The van der Waals surface area contributed by atoms with Crippen molar-refractivity contribution >= 4 is 159 Å². The molecule has 18 nitrogen and oxygen atoms in total. The van der Waals surface area contributed by atoms with Crippen LogP contribution in [0.4, 0.5) is 159 Å². The van der Waals surface area contributed by atoms with Crippen LogP contribution in [0.25, 0.3) is 0 Å². The van der Waals surface area contributed by atoms with Crippen LogP contribution < -0.4 is 63.0 Å². The summed E-state index contributed by atoms with van der Waals surface area (Å²) in [5, 5.41) is 29.1. The van der Waals surface area contributed by atoms with Crippen molar-refractivity contribution in [1.82, 2.24) is 0 Å². The van der Waals surface area contributed by atoms with Gasteiger partial charge in [0.1, 0.15) is 0 Å². The molecule has 0 atom stereocenters. The SMILES string of the molecule is Nc1ccc(N(c2ccccc2)c2ccc(N(c3ccccc3)c3ccc(N)cc3)cc2)cc1.Nc1ccc(N(c2ccccc2)c2ccc(N(c3ccccc3)c3ccc(N)cc3)cc2)cc1.O=[N+]([O-])c1ccc(N(c2ccccc2)c2ccc(N(c3ccccc3)c3ccc([N+](=O)[O-])cc3)cc2)cc1.c1ccc(Nc2ccc(Nc3ccccc3)cc2)cc1. The van der Waals surface area contributed by atoms with Gasteiger partial charge in [-0.3, -0.25) is 20.2 Å². The molecular formula is C108H90N14O4. The number of rotatable bonds is 24. The standard InChI is InChI=1S/C30H22N4O4.2C30H26N4.C18H16N2/c35-33(36)29-19-15-27(16-20-29)31(23-7-3-1-4-8-23)25-11-13-26(14-12-25)32(24-9-5-2-6-10-24)28-17-21-30(22-18-28)34(37)38;2*31-23-11-15-27(16-12-23)33(25-7-3-1-4-8-25)29-19-21-30(22-20-29)34(26-9-5-2-6-10-26)28-17-13-24(32)14-18-28;1-3-7-15(8-4-1)19-17-11-13-18(14-12-17)20-16-9-5-2-6-10-16/h1-22H;2*1-22H,31-32H2;1-14,19-20H. The van der Waals surface area contributed by atoms with E-state index in [-0.39, 0.29) is 11.4 Å². The third-order valence-electron chi connectivity index (χ3n) is 20.4. The van der Waals surface area contributed by atoms with Gasteiger partial charge in [-0.1, -0.05) is 146 Å². The summed E-state index contributed by atoms with van der Waals surface area (Å²) in [7, 11) is 0. The summed E-state index contributed by atoms with van der Waals surface area (Å²) in [6.07, 6.45) is 0. The van der Waals surface area contributed by atoms with Gasteiger partial charge in [0.25, 0.3) is 11.4 Å². The van der Waals surface area contributed by atoms with E-state index in [1.807, 2.05) is 301 Å². The summed E-state index contributed by atoms with van der Waals surface area (Å²) in [4.78, 5) is 34.4. The third-order valence-corrected chi connectivity index (χ3v) is 20.4. The van der Waals surface area contributed by atoms with Crippen molar-refractivity contribution in [3.63, 3.8) is 0 Å². The van der Waals surface area contributed by atoms with Crippen molar-refractivity contribution in [3.05, 3.63) is 506 Å². The van der Waals surface area contributed by atoms with E-state index < -0.39 is 9.85 Å². The number of nitro groups is 2. The van der Waals surface area contributed by atoms with Crippen LogP contribution in [-0.2, 0) is 0 Å². The predicted octanol–water partition coefficient (Wildman–Crippen LogP) is 29.2. The van der Waals surface area contributed by atoms with Gasteiger partial charge in [0.15, 0.2) is 0 Å². The summed E-state index contributed by atoms with van der Waals surface area (Å²) >= 11 is 0. The summed E-state index contributed by atoms with van der Waals surface area (Å²) in [6, 6.07) is 159. The van der Waals surface area contributed by atoms with Gasteiger partial charge in [0, 0.05) is 172 Å². The summed E-state index contributed by atoms with van der Waals surface area (Å²) < 4.78 is 0. The molecule has 0 aromatic heterocycles. The van der Waals surface area contributed by atoms with E-state index in [1.165, 1.54) is 24.3 Å². The van der Waals surface area contributed by atoms with E-state index >= 15 is 0 Å². The van der Waals surface area contributed by atoms with Crippen molar-refractivity contribution in [1.29, 1.82) is 0 Å². The maximum atomic E-state index is 11.2. The minimum Gasteiger partial charge on any atom is -0.399 e. The number of nitrogens with zero attached hydrogens (tertiary/aromatic N) is 8. The van der Waals surface area contributed by atoms with Gasteiger partial charge in [0.2, 0.25) is 0 Å². The fourth-order valence-electron chi connectivity index (χ4n) is 14.4. The molecule has 126 heavy (non-hydrogen) atoms. The Morgan fingerprint density at radius 3 is 0.429 bits per heavy atom. The van der Waals surface area contributed by atoms with E-state index in [2.05, 4.69) is 176 Å². The van der Waals surface area contributed by atoms with Crippen LogP contribution in [0.5, 0.6) is 0 Å². The molecule has 0 aliphatic rings. The molecule has 18 aromatic rings.